The van der Waals surface area contributed by atoms with Crippen LogP contribution in [0.25, 0.3) is 12.7 Å². The van der Waals surface area contributed by atoms with E-state index in [9.17, 15) is 4.79 Å². The van der Waals surface area contributed by atoms with Crippen LogP contribution < -0.4 is 29.0 Å². The number of thiazole rings is 1. The molecular weight excluding hydrogens is 502 g/mol. The van der Waals surface area contributed by atoms with E-state index in [1.54, 1.807) is 7.11 Å². The van der Waals surface area contributed by atoms with Crippen molar-refractivity contribution in [1.82, 2.24) is 4.98 Å². The van der Waals surface area contributed by atoms with Gasteiger partial charge in [-0.25, -0.2) is 0 Å². The molecule has 0 unspecified atom stereocenters. The van der Waals surface area contributed by atoms with Gasteiger partial charge < -0.3 is 19.2 Å². The van der Waals surface area contributed by atoms with E-state index in [0.29, 0.717) is 15.8 Å². The third kappa shape index (κ3) is 4.62. The SMILES string of the molecule is C=c1[nH]c(=O)/c(=C\c2ccc(OC[C@]3(C)CCc4c(C)c(OC)c(C)c(C)c4O3)c(Br)c2)s1. The minimum Gasteiger partial charge on any atom is -0.496 e. The van der Waals surface area contributed by atoms with Gasteiger partial charge in [-0.1, -0.05) is 12.6 Å². The fourth-order valence-electron chi connectivity index (χ4n) is 4.28. The number of hydrogen-bond donors (Lipinski definition) is 1. The Morgan fingerprint density at radius 3 is 2.67 bits per heavy atom. The maximum Gasteiger partial charge on any atom is 0.266 e. The number of hydrogen-bond acceptors (Lipinski definition) is 5. The summed E-state index contributed by atoms with van der Waals surface area (Å²) in [5, 5.41) is 0. The first kappa shape index (κ1) is 23.6. The van der Waals surface area contributed by atoms with Gasteiger partial charge in [-0.15, -0.1) is 11.3 Å². The highest BCUT2D eigenvalue weighted by Gasteiger charge is 2.35. The Labute approximate surface area is 205 Å². The topological polar surface area (TPSA) is 60.6 Å². The molecule has 174 valence electrons. The van der Waals surface area contributed by atoms with Crippen LogP contribution in [-0.2, 0) is 6.42 Å². The summed E-state index contributed by atoms with van der Waals surface area (Å²) in [6.45, 7) is 12.6. The van der Waals surface area contributed by atoms with Crippen LogP contribution in [0.2, 0.25) is 0 Å². The van der Waals surface area contributed by atoms with Crippen molar-refractivity contribution in [2.75, 3.05) is 13.7 Å². The third-order valence-electron chi connectivity index (χ3n) is 6.26. The molecule has 1 aromatic heterocycles. The molecule has 33 heavy (non-hydrogen) atoms. The molecule has 0 radical (unpaired) electrons. The number of rotatable bonds is 5. The van der Waals surface area contributed by atoms with Gasteiger partial charge in [0.05, 0.1) is 20.8 Å². The standard InChI is InChI=1S/C26H28BrNO4S/c1-14-15(2)24-19(16(3)23(14)30-6)9-10-26(5,32-24)13-31-21-8-7-18(11-20(21)27)12-22-25(29)28-17(4)33-22/h7-8,11-12H,4,9-10,13H2,1-3,5-6H3,(H,28,29)/b22-12+/t26-/m0/s1. The zero-order valence-corrected chi connectivity index (χ0v) is 22.0. The number of ether oxygens (including phenoxy) is 3. The minimum atomic E-state index is -0.440. The summed E-state index contributed by atoms with van der Waals surface area (Å²) in [4.78, 5) is 14.6. The van der Waals surface area contributed by atoms with Crippen LogP contribution in [0.1, 0.15) is 41.2 Å². The monoisotopic (exact) mass is 529 g/mol. The molecule has 4 rings (SSSR count). The Kier molecular flexibility index (Phi) is 6.47. The maximum atomic E-state index is 11.9. The van der Waals surface area contributed by atoms with Gasteiger partial charge in [0.15, 0.2) is 0 Å². The average Bonchev–Trinajstić information content (AvgIpc) is 3.08. The largest absolute Gasteiger partial charge is 0.496 e. The number of halogens is 1. The lowest BCUT2D eigenvalue weighted by molar-refractivity contribution is 0.0164. The third-order valence-corrected chi connectivity index (χ3v) is 7.76. The number of aromatic nitrogens is 1. The van der Waals surface area contributed by atoms with Crippen LogP contribution in [0, 0.1) is 20.8 Å². The number of methoxy groups -OCH3 is 1. The van der Waals surface area contributed by atoms with Gasteiger partial charge in [-0.2, -0.15) is 0 Å². The molecule has 3 aromatic rings. The van der Waals surface area contributed by atoms with Crippen LogP contribution >= 0.6 is 27.3 Å². The highest BCUT2D eigenvalue weighted by atomic mass is 79.9. The van der Waals surface area contributed by atoms with Crippen molar-refractivity contribution in [3.05, 3.63) is 70.0 Å². The van der Waals surface area contributed by atoms with Gasteiger partial charge >= 0.3 is 0 Å². The number of H-pyrrole nitrogens is 1. The summed E-state index contributed by atoms with van der Waals surface area (Å²) in [5.74, 6) is 2.64. The molecule has 2 aromatic carbocycles. The lowest BCUT2D eigenvalue weighted by Crippen LogP contribution is -2.42. The lowest BCUT2D eigenvalue weighted by atomic mass is 9.87. The van der Waals surface area contributed by atoms with Crippen molar-refractivity contribution >= 4 is 39.9 Å². The Hall–Kier alpha value is -2.51. The van der Waals surface area contributed by atoms with E-state index in [-0.39, 0.29) is 5.56 Å². The molecule has 7 heteroatoms. The van der Waals surface area contributed by atoms with E-state index >= 15 is 0 Å². The molecule has 0 spiro atoms. The Bertz CT molecular complexity index is 1390. The molecule has 1 aliphatic heterocycles. The molecule has 1 atom stereocenters. The predicted molar refractivity (Wildman–Crippen MR) is 137 cm³/mol. The van der Waals surface area contributed by atoms with Crippen LogP contribution in [-0.4, -0.2) is 24.3 Å². The molecule has 0 amide bonds. The van der Waals surface area contributed by atoms with Gasteiger partial charge in [0.2, 0.25) is 0 Å². The summed E-state index contributed by atoms with van der Waals surface area (Å²) in [6.07, 6.45) is 3.61. The van der Waals surface area contributed by atoms with E-state index in [1.165, 1.54) is 16.9 Å². The molecule has 1 aliphatic rings. The van der Waals surface area contributed by atoms with Crippen molar-refractivity contribution in [3.63, 3.8) is 0 Å². The fourth-order valence-corrected chi connectivity index (χ4v) is 5.54. The second-order valence-electron chi connectivity index (χ2n) is 8.73. The molecule has 0 bridgehead atoms. The van der Waals surface area contributed by atoms with E-state index < -0.39 is 5.60 Å². The van der Waals surface area contributed by atoms with E-state index in [4.69, 9.17) is 14.2 Å². The second-order valence-corrected chi connectivity index (χ2v) is 10.7. The Balaban J connectivity index is 1.53. The lowest BCUT2D eigenvalue weighted by Gasteiger charge is -2.38. The number of nitrogens with one attached hydrogen (secondary N) is 1. The minimum absolute atomic E-state index is 0.123. The Morgan fingerprint density at radius 2 is 2.03 bits per heavy atom. The number of fused-ring (bicyclic) bond motifs is 1. The first-order valence-corrected chi connectivity index (χ1v) is 12.4. The average molecular weight is 530 g/mol. The van der Waals surface area contributed by atoms with Crippen molar-refractivity contribution in [3.8, 4) is 17.2 Å². The summed E-state index contributed by atoms with van der Waals surface area (Å²) in [6, 6.07) is 5.79. The predicted octanol–water partition coefficient (Wildman–Crippen LogP) is 4.53. The van der Waals surface area contributed by atoms with Crippen LogP contribution in [0.4, 0.5) is 0 Å². The highest BCUT2D eigenvalue weighted by molar-refractivity contribution is 9.10. The van der Waals surface area contributed by atoms with Crippen molar-refractivity contribution < 1.29 is 14.2 Å². The molecule has 1 N–H and O–H groups in total. The summed E-state index contributed by atoms with van der Waals surface area (Å²) < 4.78 is 20.5. The van der Waals surface area contributed by atoms with Crippen LogP contribution in [0.3, 0.4) is 0 Å². The molecule has 0 aliphatic carbocycles. The molecule has 5 nitrogen and oxygen atoms in total. The smallest absolute Gasteiger partial charge is 0.266 e. The molecule has 2 heterocycles. The van der Waals surface area contributed by atoms with Crippen molar-refractivity contribution in [2.45, 2.75) is 46.1 Å². The van der Waals surface area contributed by atoms with Gasteiger partial charge in [0.25, 0.3) is 5.56 Å². The van der Waals surface area contributed by atoms with Crippen molar-refractivity contribution in [2.24, 2.45) is 0 Å². The van der Waals surface area contributed by atoms with E-state index in [2.05, 4.69) is 55.2 Å². The fraction of sp³-hybridized carbons (Fsp3) is 0.346. The maximum absolute atomic E-state index is 11.9. The zero-order valence-electron chi connectivity index (χ0n) is 19.6. The zero-order chi connectivity index (χ0) is 23.9. The van der Waals surface area contributed by atoms with E-state index in [0.717, 1.165) is 56.8 Å². The first-order chi connectivity index (χ1) is 15.6. The van der Waals surface area contributed by atoms with Crippen molar-refractivity contribution in [1.29, 1.82) is 0 Å². The van der Waals surface area contributed by atoms with Gasteiger partial charge in [0.1, 0.15) is 29.5 Å². The van der Waals surface area contributed by atoms with Crippen LogP contribution in [0.15, 0.2) is 27.5 Å². The summed E-state index contributed by atoms with van der Waals surface area (Å²) >= 11 is 4.95. The Morgan fingerprint density at radius 1 is 1.27 bits per heavy atom. The number of benzene rings is 2. The van der Waals surface area contributed by atoms with Gasteiger partial charge in [-0.3, -0.25) is 4.79 Å². The summed E-state index contributed by atoms with van der Waals surface area (Å²) in [5.41, 5.74) is 4.96. The second kappa shape index (κ2) is 9.03. The van der Waals surface area contributed by atoms with Crippen LogP contribution in [0.5, 0.6) is 17.2 Å². The van der Waals surface area contributed by atoms with Gasteiger partial charge in [0, 0.05) is 5.56 Å². The molecule has 0 saturated heterocycles. The number of aromatic amines is 1. The molecule has 0 saturated carbocycles. The highest BCUT2D eigenvalue weighted by Crippen LogP contribution is 2.43. The normalized spacial score (nSPS) is 18.1. The molecule has 0 fully saturated rings. The summed E-state index contributed by atoms with van der Waals surface area (Å²) in [7, 11) is 1.72. The molecular formula is C26H28BrNO4S. The quantitative estimate of drug-likeness (QED) is 0.527. The van der Waals surface area contributed by atoms with E-state index in [1.807, 2.05) is 24.3 Å². The first-order valence-electron chi connectivity index (χ1n) is 10.8. The van der Waals surface area contributed by atoms with Gasteiger partial charge in [-0.05, 0) is 96.9 Å².